The van der Waals surface area contributed by atoms with Gasteiger partial charge < -0.3 is 9.64 Å². The van der Waals surface area contributed by atoms with E-state index < -0.39 is 37.6 Å². The van der Waals surface area contributed by atoms with Gasteiger partial charge in [0.15, 0.2) is 0 Å². The molecule has 1 amide bonds. The van der Waals surface area contributed by atoms with E-state index in [9.17, 15) is 31.2 Å². The van der Waals surface area contributed by atoms with Gasteiger partial charge in [0.2, 0.25) is 15.9 Å². The first-order valence-electron chi connectivity index (χ1n) is 10.8. The number of carbonyl (C=O) groups is 2. The van der Waals surface area contributed by atoms with Gasteiger partial charge >= 0.3 is 12.1 Å². The first kappa shape index (κ1) is 25.8. The van der Waals surface area contributed by atoms with E-state index >= 15 is 0 Å². The third kappa shape index (κ3) is 5.81. The first-order valence-corrected chi connectivity index (χ1v) is 12.6. The number of hydrogen-bond acceptors (Lipinski definition) is 5. The Morgan fingerprint density at radius 2 is 1.79 bits per heavy atom. The third-order valence-corrected chi connectivity index (χ3v) is 8.26. The molecule has 0 N–H and O–H groups in total. The number of likely N-dealkylation sites (tertiary alicyclic amines) is 1. The zero-order chi connectivity index (χ0) is 24.4. The van der Waals surface area contributed by atoms with Crippen LogP contribution in [0.15, 0.2) is 23.1 Å². The predicted molar refractivity (Wildman–Crippen MR) is 114 cm³/mol. The van der Waals surface area contributed by atoms with Crippen molar-refractivity contribution in [2.45, 2.75) is 43.7 Å². The number of esters is 1. The smallest absolute Gasteiger partial charge is 0.417 e. The summed E-state index contributed by atoms with van der Waals surface area (Å²) in [6.07, 6.45) is -2.95. The Bertz CT molecular complexity index is 994. The normalized spacial score (nSPS) is 21.1. The van der Waals surface area contributed by atoms with Gasteiger partial charge in [-0.2, -0.15) is 17.5 Å². The van der Waals surface area contributed by atoms with Crippen molar-refractivity contribution in [1.29, 1.82) is 0 Å². The van der Waals surface area contributed by atoms with Gasteiger partial charge in [-0.15, -0.1) is 0 Å². The monoisotopic (exact) mass is 510 g/mol. The number of sulfonamides is 1. The Kier molecular flexibility index (Phi) is 7.95. The Labute approximate surface area is 195 Å². The fourth-order valence-electron chi connectivity index (χ4n) is 4.26. The van der Waals surface area contributed by atoms with Gasteiger partial charge in [-0.1, -0.05) is 11.6 Å². The Balaban J connectivity index is 1.64. The zero-order valence-corrected chi connectivity index (χ0v) is 19.7. The number of rotatable bonds is 5. The van der Waals surface area contributed by atoms with Crippen LogP contribution in [0.1, 0.15) is 38.2 Å². The maximum absolute atomic E-state index is 13.1. The van der Waals surface area contributed by atoms with Crippen LogP contribution in [-0.2, 0) is 30.5 Å². The molecule has 1 aromatic carbocycles. The minimum atomic E-state index is -4.78. The molecule has 12 heteroatoms. The molecule has 1 atom stereocenters. The lowest BCUT2D eigenvalue weighted by atomic mass is 9.93. The standard InChI is InChI=1S/C21H26ClF3N2O5S/c1-2-32-20(29)15-4-3-9-26(13-15)19(28)14-7-10-27(11-8-14)33(30,31)16-5-6-18(22)17(12-16)21(23,24)25/h5-6,12,14-15H,2-4,7-11,13H2,1H3/t15-/m0/s1. The molecule has 0 aliphatic carbocycles. The van der Waals surface area contributed by atoms with Crippen LogP contribution in [0.2, 0.25) is 5.02 Å². The van der Waals surface area contributed by atoms with Crippen molar-refractivity contribution in [2.75, 3.05) is 32.8 Å². The molecule has 2 aliphatic rings. The minimum absolute atomic E-state index is 0.0118. The van der Waals surface area contributed by atoms with Crippen LogP contribution in [0.4, 0.5) is 13.2 Å². The van der Waals surface area contributed by atoms with Gasteiger partial charge in [-0.3, -0.25) is 9.59 Å². The van der Waals surface area contributed by atoms with Crippen molar-refractivity contribution < 1.29 is 35.9 Å². The van der Waals surface area contributed by atoms with E-state index in [0.717, 1.165) is 16.4 Å². The summed E-state index contributed by atoms with van der Waals surface area (Å²) in [6.45, 7) is 2.82. The lowest BCUT2D eigenvalue weighted by molar-refractivity contribution is -0.152. The van der Waals surface area contributed by atoms with Crippen molar-refractivity contribution in [3.63, 3.8) is 0 Å². The highest BCUT2D eigenvalue weighted by atomic mass is 35.5. The second kappa shape index (κ2) is 10.2. The quantitative estimate of drug-likeness (QED) is 0.566. The number of nitrogens with zero attached hydrogens (tertiary/aromatic N) is 2. The van der Waals surface area contributed by atoms with Crippen molar-refractivity contribution in [2.24, 2.45) is 11.8 Å². The van der Waals surface area contributed by atoms with Crippen LogP contribution < -0.4 is 0 Å². The van der Waals surface area contributed by atoms with E-state index in [1.54, 1.807) is 11.8 Å². The van der Waals surface area contributed by atoms with Crippen LogP contribution in [0.25, 0.3) is 0 Å². The average Bonchev–Trinajstić information content (AvgIpc) is 2.78. The number of piperidine rings is 2. The summed E-state index contributed by atoms with van der Waals surface area (Å²) in [7, 11) is -4.17. The summed E-state index contributed by atoms with van der Waals surface area (Å²) in [5.41, 5.74) is -1.21. The van der Waals surface area contributed by atoms with Crippen LogP contribution in [-0.4, -0.2) is 62.3 Å². The van der Waals surface area contributed by atoms with Gasteiger partial charge in [0, 0.05) is 32.1 Å². The Morgan fingerprint density at radius 1 is 1.12 bits per heavy atom. The summed E-state index contributed by atoms with van der Waals surface area (Å²) in [5.74, 6) is -1.23. The topological polar surface area (TPSA) is 84.0 Å². The van der Waals surface area contributed by atoms with Crippen LogP contribution in [0.5, 0.6) is 0 Å². The molecule has 33 heavy (non-hydrogen) atoms. The second-order valence-corrected chi connectivity index (χ2v) is 10.5. The van der Waals surface area contributed by atoms with Gasteiger partial charge in [-0.25, -0.2) is 8.42 Å². The number of amides is 1. The molecule has 2 saturated heterocycles. The highest BCUT2D eigenvalue weighted by molar-refractivity contribution is 7.89. The summed E-state index contributed by atoms with van der Waals surface area (Å²) < 4.78 is 71.4. The van der Waals surface area contributed by atoms with Crippen LogP contribution in [0.3, 0.4) is 0 Å². The number of alkyl halides is 3. The largest absolute Gasteiger partial charge is 0.466 e. The average molecular weight is 511 g/mol. The highest BCUT2D eigenvalue weighted by Crippen LogP contribution is 2.37. The second-order valence-electron chi connectivity index (χ2n) is 8.19. The summed E-state index contributed by atoms with van der Waals surface area (Å²) >= 11 is 5.59. The van der Waals surface area contributed by atoms with E-state index in [1.165, 1.54) is 0 Å². The number of carbonyl (C=O) groups excluding carboxylic acids is 2. The molecule has 0 saturated carbocycles. The molecule has 1 aromatic rings. The van der Waals surface area contributed by atoms with Crippen LogP contribution >= 0.6 is 11.6 Å². The van der Waals surface area contributed by atoms with E-state index in [2.05, 4.69) is 0 Å². The molecule has 2 heterocycles. The van der Waals surface area contributed by atoms with Crippen molar-refractivity contribution in [3.8, 4) is 0 Å². The molecule has 2 aliphatic heterocycles. The fraction of sp³-hybridized carbons (Fsp3) is 0.619. The van der Waals surface area contributed by atoms with E-state index in [4.69, 9.17) is 16.3 Å². The van der Waals surface area contributed by atoms with Gasteiger partial charge in [-0.05, 0) is 50.8 Å². The minimum Gasteiger partial charge on any atom is -0.466 e. The van der Waals surface area contributed by atoms with Gasteiger partial charge in [0.05, 0.1) is 28.0 Å². The maximum atomic E-state index is 13.1. The highest BCUT2D eigenvalue weighted by Gasteiger charge is 2.38. The third-order valence-electron chi connectivity index (χ3n) is 6.04. The summed E-state index contributed by atoms with van der Waals surface area (Å²) in [5, 5.41) is -0.576. The maximum Gasteiger partial charge on any atom is 0.417 e. The first-order chi connectivity index (χ1) is 15.4. The molecule has 0 unspecified atom stereocenters. The number of hydrogen-bond donors (Lipinski definition) is 0. The van der Waals surface area contributed by atoms with E-state index in [0.29, 0.717) is 25.5 Å². The van der Waals surface area contributed by atoms with Crippen molar-refractivity contribution >= 4 is 33.5 Å². The zero-order valence-electron chi connectivity index (χ0n) is 18.1. The van der Waals surface area contributed by atoms with Crippen LogP contribution in [0, 0.1) is 11.8 Å². The number of benzene rings is 1. The van der Waals surface area contributed by atoms with Gasteiger partial charge in [0.1, 0.15) is 0 Å². The molecule has 0 aromatic heterocycles. The fourth-order valence-corrected chi connectivity index (χ4v) is 5.98. The lowest BCUT2D eigenvalue weighted by Crippen LogP contribution is -2.48. The van der Waals surface area contributed by atoms with Gasteiger partial charge in [0.25, 0.3) is 0 Å². The molecular weight excluding hydrogens is 485 g/mol. The van der Waals surface area contributed by atoms with E-state index in [-0.39, 0.29) is 56.9 Å². The Hall–Kier alpha value is -1.85. The molecule has 0 radical (unpaired) electrons. The predicted octanol–water partition coefficient (Wildman–Crippen LogP) is 3.56. The summed E-state index contributed by atoms with van der Waals surface area (Å²) in [6, 6.07) is 2.51. The van der Waals surface area contributed by atoms with E-state index in [1.807, 2.05) is 0 Å². The lowest BCUT2D eigenvalue weighted by Gasteiger charge is -2.37. The molecule has 184 valence electrons. The SMILES string of the molecule is CCOC(=O)[C@H]1CCCN(C(=O)C2CCN(S(=O)(=O)c3ccc(Cl)c(C(F)(F)F)c3)CC2)C1. The number of ether oxygens (including phenoxy) is 1. The Morgan fingerprint density at radius 3 is 2.39 bits per heavy atom. The molecular formula is C21H26ClF3N2O5S. The molecule has 0 bridgehead atoms. The molecule has 2 fully saturated rings. The molecule has 7 nitrogen and oxygen atoms in total. The number of halogens is 4. The summed E-state index contributed by atoms with van der Waals surface area (Å²) in [4.78, 5) is 26.1. The van der Waals surface area contributed by atoms with Crippen molar-refractivity contribution in [1.82, 2.24) is 9.21 Å². The molecule has 3 rings (SSSR count). The molecule has 0 spiro atoms. The van der Waals surface area contributed by atoms with Crippen molar-refractivity contribution in [3.05, 3.63) is 28.8 Å².